The number of alkyl halides is 3. The largest absolute Gasteiger partial charge is 0.454 e. The first-order valence-corrected chi connectivity index (χ1v) is 7.48. The molecule has 0 heterocycles. The number of anilines is 1. The topological polar surface area (TPSA) is 59.6 Å². The molecular formula is C17H16F4N2O3. The summed E-state index contributed by atoms with van der Waals surface area (Å²) in [5, 5.41) is 4.86. The predicted octanol–water partition coefficient (Wildman–Crippen LogP) is 4.40. The summed E-state index contributed by atoms with van der Waals surface area (Å²) < 4.78 is 62.8. The van der Waals surface area contributed by atoms with Gasteiger partial charge in [-0.1, -0.05) is 12.1 Å². The van der Waals surface area contributed by atoms with Crippen LogP contribution in [0.5, 0.6) is 11.5 Å². The zero-order valence-corrected chi connectivity index (χ0v) is 13.7. The highest BCUT2D eigenvalue weighted by Gasteiger charge is 2.34. The van der Waals surface area contributed by atoms with Crippen molar-refractivity contribution in [1.82, 2.24) is 5.32 Å². The monoisotopic (exact) mass is 372 g/mol. The number of para-hydroxylation sites is 1. The van der Waals surface area contributed by atoms with E-state index < -0.39 is 35.1 Å². The van der Waals surface area contributed by atoms with E-state index in [1.807, 2.05) is 0 Å². The summed E-state index contributed by atoms with van der Waals surface area (Å²) in [5.41, 5.74) is -0.895. The van der Waals surface area contributed by atoms with Gasteiger partial charge in [-0.25, -0.2) is 9.18 Å². The fourth-order valence-electron chi connectivity index (χ4n) is 2.01. The maximum Gasteiger partial charge on any atom is 0.419 e. The Morgan fingerprint density at radius 2 is 1.85 bits per heavy atom. The number of halogens is 4. The molecule has 0 radical (unpaired) electrons. The van der Waals surface area contributed by atoms with Gasteiger partial charge < -0.3 is 20.1 Å². The molecule has 0 aromatic heterocycles. The second kappa shape index (κ2) is 8.52. The molecule has 0 atom stereocenters. The van der Waals surface area contributed by atoms with Crippen LogP contribution in [-0.2, 0) is 10.9 Å². The number of hydrogen-bond acceptors (Lipinski definition) is 3. The second-order valence-electron chi connectivity index (χ2n) is 5.11. The number of ether oxygens (including phenoxy) is 2. The average molecular weight is 372 g/mol. The van der Waals surface area contributed by atoms with Crippen molar-refractivity contribution >= 4 is 11.7 Å². The van der Waals surface area contributed by atoms with E-state index in [2.05, 4.69) is 10.6 Å². The quantitative estimate of drug-likeness (QED) is 0.584. The van der Waals surface area contributed by atoms with Gasteiger partial charge in [-0.05, 0) is 24.3 Å². The van der Waals surface area contributed by atoms with Crippen LogP contribution < -0.4 is 15.4 Å². The lowest BCUT2D eigenvalue weighted by Crippen LogP contribution is -2.31. The molecule has 2 aromatic carbocycles. The van der Waals surface area contributed by atoms with Crippen molar-refractivity contribution in [1.29, 1.82) is 0 Å². The van der Waals surface area contributed by atoms with Crippen molar-refractivity contribution in [2.75, 3.05) is 25.6 Å². The van der Waals surface area contributed by atoms with E-state index in [9.17, 15) is 22.4 Å². The normalized spacial score (nSPS) is 11.1. The maximum absolute atomic E-state index is 14.1. The molecule has 0 saturated carbocycles. The summed E-state index contributed by atoms with van der Waals surface area (Å²) in [6.45, 7) is 0.577. The average Bonchev–Trinajstić information content (AvgIpc) is 2.57. The molecule has 0 unspecified atom stereocenters. The Bertz CT molecular complexity index is 766. The maximum atomic E-state index is 14.1. The van der Waals surface area contributed by atoms with Gasteiger partial charge in [-0.3, -0.25) is 0 Å². The number of urea groups is 1. The van der Waals surface area contributed by atoms with Crippen molar-refractivity contribution in [3.8, 4) is 11.5 Å². The van der Waals surface area contributed by atoms with Gasteiger partial charge in [-0.15, -0.1) is 0 Å². The molecule has 0 aliphatic rings. The molecule has 5 nitrogen and oxygen atoms in total. The summed E-state index contributed by atoms with van der Waals surface area (Å²) in [7, 11) is 1.48. The summed E-state index contributed by atoms with van der Waals surface area (Å²) >= 11 is 0. The van der Waals surface area contributed by atoms with Gasteiger partial charge in [0, 0.05) is 25.4 Å². The summed E-state index contributed by atoms with van der Waals surface area (Å²) in [6, 6.07) is 7.31. The lowest BCUT2D eigenvalue weighted by molar-refractivity contribution is -0.138. The van der Waals surface area contributed by atoms with E-state index in [1.54, 1.807) is 0 Å². The third-order valence-electron chi connectivity index (χ3n) is 3.19. The molecule has 0 fully saturated rings. The first kappa shape index (κ1) is 19.5. The van der Waals surface area contributed by atoms with E-state index in [4.69, 9.17) is 9.47 Å². The zero-order chi connectivity index (χ0) is 19.2. The number of benzene rings is 2. The standard InChI is InChI=1S/C17H16F4N2O3/c1-25-9-8-22-16(24)23-11-6-7-15(13(18)10-11)26-14-5-3-2-4-12(14)17(19,20)21/h2-7,10H,8-9H2,1H3,(H2,22,23,24). The number of rotatable bonds is 6. The predicted molar refractivity (Wildman–Crippen MR) is 86.8 cm³/mol. The molecule has 9 heteroatoms. The van der Waals surface area contributed by atoms with Crippen molar-refractivity contribution in [3.05, 3.63) is 53.8 Å². The fraction of sp³-hybridized carbons (Fsp3) is 0.235. The van der Waals surface area contributed by atoms with Crippen LogP contribution in [0.3, 0.4) is 0 Å². The van der Waals surface area contributed by atoms with Crippen molar-refractivity contribution in [3.63, 3.8) is 0 Å². The van der Waals surface area contributed by atoms with Crippen molar-refractivity contribution < 1.29 is 31.8 Å². The molecule has 140 valence electrons. The molecule has 2 rings (SSSR count). The Hall–Kier alpha value is -2.81. The molecule has 0 bridgehead atoms. The SMILES string of the molecule is COCCNC(=O)Nc1ccc(Oc2ccccc2C(F)(F)F)c(F)c1. The van der Waals surface area contributed by atoms with Gasteiger partial charge in [0.25, 0.3) is 0 Å². The number of carbonyl (C=O) groups is 1. The number of methoxy groups -OCH3 is 1. The van der Waals surface area contributed by atoms with Crippen LogP contribution in [0.1, 0.15) is 5.56 Å². The van der Waals surface area contributed by atoms with E-state index >= 15 is 0 Å². The van der Waals surface area contributed by atoms with Crippen molar-refractivity contribution in [2.24, 2.45) is 0 Å². The Labute approximate surface area is 146 Å². The van der Waals surface area contributed by atoms with Crippen LogP contribution in [0.15, 0.2) is 42.5 Å². The Morgan fingerprint density at radius 3 is 2.50 bits per heavy atom. The number of amides is 2. The molecule has 0 saturated heterocycles. The van der Waals surface area contributed by atoms with Crippen LogP contribution in [0.2, 0.25) is 0 Å². The van der Waals surface area contributed by atoms with Crippen molar-refractivity contribution in [2.45, 2.75) is 6.18 Å². The molecule has 2 amide bonds. The van der Waals surface area contributed by atoms with E-state index in [0.29, 0.717) is 6.61 Å². The minimum absolute atomic E-state index is 0.119. The van der Waals surface area contributed by atoms with Crippen LogP contribution in [0.4, 0.5) is 28.0 Å². The fourth-order valence-corrected chi connectivity index (χ4v) is 2.01. The van der Waals surface area contributed by atoms with E-state index in [0.717, 1.165) is 24.3 Å². The summed E-state index contributed by atoms with van der Waals surface area (Å²) in [5.74, 6) is -1.83. The van der Waals surface area contributed by atoms with E-state index in [1.165, 1.54) is 25.3 Å². The summed E-state index contributed by atoms with van der Waals surface area (Å²) in [6.07, 6.45) is -4.63. The van der Waals surface area contributed by atoms with Gasteiger partial charge >= 0.3 is 12.2 Å². The smallest absolute Gasteiger partial charge is 0.419 e. The highest BCUT2D eigenvalue weighted by atomic mass is 19.4. The van der Waals surface area contributed by atoms with Crippen LogP contribution in [0.25, 0.3) is 0 Å². The van der Waals surface area contributed by atoms with Crippen LogP contribution in [-0.4, -0.2) is 26.3 Å². The Morgan fingerprint density at radius 1 is 1.12 bits per heavy atom. The molecule has 0 spiro atoms. The number of hydrogen-bond donors (Lipinski definition) is 2. The second-order valence-corrected chi connectivity index (χ2v) is 5.11. The lowest BCUT2D eigenvalue weighted by atomic mass is 10.2. The highest BCUT2D eigenvalue weighted by molar-refractivity contribution is 5.89. The Kier molecular flexibility index (Phi) is 6.40. The minimum Gasteiger partial charge on any atom is -0.454 e. The first-order chi connectivity index (χ1) is 12.3. The third-order valence-corrected chi connectivity index (χ3v) is 3.19. The zero-order valence-electron chi connectivity index (χ0n) is 13.7. The van der Waals surface area contributed by atoms with Crippen LogP contribution in [0, 0.1) is 5.82 Å². The molecule has 0 aliphatic heterocycles. The number of carbonyl (C=O) groups excluding carboxylic acids is 1. The van der Waals surface area contributed by atoms with Gasteiger partial charge in [0.2, 0.25) is 0 Å². The lowest BCUT2D eigenvalue weighted by Gasteiger charge is -2.14. The van der Waals surface area contributed by atoms with Gasteiger partial charge in [0.1, 0.15) is 5.75 Å². The Balaban J connectivity index is 2.10. The van der Waals surface area contributed by atoms with E-state index in [-0.39, 0.29) is 12.2 Å². The highest BCUT2D eigenvalue weighted by Crippen LogP contribution is 2.38. The molecule has 2 N–H and O–H groups in total. The minimum atomic E-state index is -4.63. The van der Waals surface area contributed by atoms with Gasteiger partial charge in [-0.2, -0.15) is 13.2 Å². The molecular weight excluding hydrogens is 356 g/mol. The van der Waals surface area contributed by atoms with Crippen LogP contribution >= 0.6 is 0 Å². The molecule has 2 aromatic rings. The van der Waals surface area contributed by atoms with Gasteiger partial charge in [0.05, 0.1) is 12.2 Å². The third kappa shape index (κ3) is 5.35. The number of nitrogens with one attached hydrogen (secondary N) is 2. The molecule has 0 aliphatic carbocycles. The first-order valence-electron chi connectivity index (χ1n) is 7.48. The molecule has 26 heavy (non-hydrogen) atoms. The summed E-state index contributed by atoms with van der Waals surface area (Å²) in [4.78, 5) is 11.6. The van der Waals surface area contributed by atoms with Gasteiger partial charge in [0.15, 0.2) is 11.6 Å².